The number of aliphatic carboxylic acids is 1. The van der Waals surface area contributed by atoms with Gasteiger partial charge in [0.15, 0.2) is 0 Å². The molecule has 1 aliphatic rings. The minimum Gasteiger partial charge on any atom is -0.481 e. The summed E-state index contributed by atoms with van der Waals surface area (Å²) in [6.07, 6.45) is -4.15. The van der Waals surface area contributed by atoms with E-state index in [9.17, 15) is 22.4 Å². The van der Waals surface area contributed by atoms with Gasteiger partial charge in [-0.3, -0.25) is 4.79 Å². The summed E-state index contributed by atoms with van der Waals surface area (Å²) in [6, 6.07) is 0. The molecule has 0 spiro atoms. The molecule has 1 rings (SSSR count). The predicted molar refractivity (Wildman–Crippen MR) is 39.5 cm³/mol. The highest BCUT2D eigenvalue weighted by atomic mass is 19.3. The van der Waals surface area contributed by atoms with Gasteiger partial charge >= 0.3 is 18.3 Å². The van der Waals surface area contributed by atoms with Gasteiger partial charge in [0.2, 0.25) is 0 Å². The van der Waals surface area contributed by atoms with Gasteiger partial charge in [0.1, 0.15) is 5.41 Å². The number of alkyl halides is 4. The van der Waals surface area contributed by atoms with Crippen LogP contribution < -0.4 is 0 Å². The van der Waals surface area contributed by atoms with E-state index in [0.717, 1.165) is 0 Å². The van der Waals surface area contributed by atoms with Gasteiger partial charge in [-0.2, -0.15) is 8.78 Å². The zero-order valence-electron chi connectivity index (χ0n) is 7.27. The van der Waals surface area contributed by atoms with Crippen molar-refractivity contribution < 1.29 is 27.5 Å². The fraction of sp³-hybridized carbons (Fsp3) is 0.875. The van der Waals surface area contributed by atoms with Crippen molar-refractivity contribution in [2.24, 2.45) is 5.41 Å². The summed E-state index contributed by atoms with van der Waals surface area (Å²) in [5, 5.41) is 8.63. The van der Waals surface area contributed by atoms with Crippen LogP contribution >= 0.6 is 0 Å². The zero-order valence-corrected chi connectivity index (χ0v) is 7.27. The first-order valence-corrected chi connectivity index (χ1v) is 4.24. The van der Waals surface area contributed by atoms with E-state index in [1.165, 1.54) is 0 Å². The monoisotopic (exact) mass is 214 g/mol. The fourth-order valence-electron chi connectivity index (χ4n) is 1.88. The van der Waals surface area contributed by atoms with E-state index in [0.29, 0.717) is 0 Å². The molecule has 1 saturated carbocycles. The second-order valence-corrected chi connectivity index (χ2v) is 3.52. The minimum atomic E-state index is -4.44. The third-order valence-corrected chi connectivity index (χ3v) is 2.78. The molecule has 0 bridgehead atoms. The molecular weight excluding hydrogens is 204 g/mol. The Kier molecular flexibility index (Phi) is 2.74. The summed E-state index contributed by atoms with van der Waals surface area (Å²) in [6.45, 7) is 0. The first kappa shape index (κ1) is 11.3. The molecule has 14 heavy (non-hydrogen) atoms. The predicted octanol–water partition coefficient (Wildman–Crippen LogP) is 2.53. The highest BCUT2D eigenvalue weighted by molar-refractivity contribution is 5.76. The SMILES string of the molecule is O=C(O)C1(C(F)(F)C(F)F)CCCC1. The normalized spacial score (nSPS) is 21.5. The Morgan fingerprint density at radius 2 is 1.71 bits per heavy atom. The van der Waals surface area contributed by atoms with Gasteiger partial charge < -0.3 is 5.11 Å². The van der Waals surface area contributed by atoms with Crippen molar-refractivity contribution in [1.29, 1.82) is 0 Å². The largest absolute Gasteiger partial charge is 0.481 e. The lowest BCUT2D eigenvalue weighted by Crippen LogP contribution is -2.50. The number of hydrogen-bond donors (Lipinski definition) is 1. The summed E-state index contributed by atoms with van der Waals surface area (Å²) < 4.78 is 50.2. The topological polar surface area (TPSA) is 37.3 Å². The number of rotatable bonds is 3. The quantitative estimate of drug-likeness (QED) is 0.733. The Morgan fingerprint density at radius 3 is 2.00 bits per heavy atom. The smallest absolute Gasteiger partial charge is 0.323 e. The van der Waals surface area contributed by atoms with Crippen molar-refractivity contribution in [2.75, 3.05) is 0 Å². The van der Waals surface area contributed by atoms with Crippen molar-refractivity contribution in [3.8, 4) is 0 Å². The van der Waals surface area contributed by atoms with Crippen molar-refractivity contribution >= 4 is 5.97 Å². The Balaban J connectivity index is 3.04. The van der Waals surface area contributed by atoms with Crippen LogP contribution in [0, 0.1) is 5.41 Å². The van der Waals surface area contributed by atoms with E-state index < -0.39 is 23.7 Å². The second-order valence-electron chi connectivity index (χ2n) is 3.52. The third-order valence-electron chi connectivity index (χ3n) is 2.78. The number of hydrogen-bond acceptors (Lipinski definition) is 1. The molecular formula is C8H10F4O2. The number of halogens is 4. The van der Waals surface area contributed by atoms with Gasteiger partial charge in [0.05, 0.1) is 0 Å². The molecule has 0 aliphatic heterocycles. The molecule has 1 fully saturated rings. The van der Waals surface area contributed by atoms with E-state index in [4.69, 9.17) is 5.11 Å². The summed E-state index contributed by atoms with van der Waals surface area (Å²) >= 11 is 0. The third kappa shape index (κ3) is 1.36. The molecule has 0 amide bonds. The first-order valence-electron chi connectivity index (χ1n) is 4.24. The number of carboxylic acids is 1. The molecule has 0 heterocycles. The molecule has 82 valence electrons. The summed E-state index contributed by atoms with van der Waals surface area (Å²) in [5.41, 5.74) is -2.55. The van der Waals surface area contributed by atoms with Gasteiger partial charge in [0.25, 0.3) is 0 Å². The molecule has 0 unspecified atom stereocenters. The summed E-state index contributed by atoms with van der Waals surface area (Å²) in [4.78, 5) is 10.7. The lowest BCUT2D eigenvalue weighted by atomic mass is 9.79. The Morgan fingerprint density at radius 1 is 1.29 bits per heavy atom. The van der Waals surface area contributed by atoms with Crippen molar-refractivity contribution in [3.63, 3.8) is 0 Å². The van der Waals surface area contributed by atoms with Crippen LogP contribution in [0.25, 0.3) is 0 Å². The first-order chi connectivity index (χ1) is 6.34. The van der Waals surface area contributed by atoms with Crippen molar-refractivity contribution in [2.45, 2.75) is 38.0 Å². The molecule has 0 aromatic rings. The van der Waals surface area contributed by atoms with E-state index >= 15 is 0 Å². The summed E-state index contributed by atoms with van der Waals surface area (Å²) in [5.74, 6) is -6.25. The van der Waals surface area contributed by atoms with Crippen LogP contribution in [0.15, 0.2) is 0 Å². The zero-order chi connectivity index (χ0) is 11.0. The highest BCUT2D eigenvalue weighted by Crippen LogP contribution is 2.52. The van der Waals surface area contributed by atoms with Gasteiger partial charge in [-0.25, -0.2) is 8.78 Å². The Labute approximate surface area is 77.9 Å². The fourth-order valence-corrected chi connectivity index (χ4v) is 1.88. The van der Waals surface area contributed by atoms with Crippen LogP contribution in [0.4, 0.5) is 17.6 Å². The van der Waals surface area contributed by atoms with Crippen LogP contribution in [0.3, 0.4) is 0 Å². The van der Waals surface area contributed by atoms with Gasteiger partial charge in [-0.15, -0.1) is 0 Å². The molecule has 0 aromatic carbocycles. The Bertz CT molecular complexity index is 233. The molecule has 2 nitrogen and oxygen atoms in total. The number of carboxylic acid groups (broad SMARTS) is 1. The molecule has 0 aromatic heterocycles. The Hall–Kier alpha value is -0.810. The van der Waals surface area contributed by atoms with Crippen LogP contribution in [0.5, 0.6) is 0 Å². The second kappa shape index (κ2) is 3.40. The highest BCUT2D eigenvalue weighted by Gasteiger charge is 2.65. The van der Waals surface area contributed by atoms with Crippen molar-refractivity contribution in [1.82, 2.24) is 0 Å². The molecule has 1 aliphatic carbocycles. The van der Waals surface area contributed by atoms with E-state index in [-0.39, 0.29) is 25.7 Å². The molecule has 6 heteroatoms. The summed E-state index contributed by atoms with van der Waals surface area (Å²) in [7, 11) is 0. The lowest BCUT2D eigenvalue weighted by Gasteiger charge is -2.32. The number of carbonyl (C=O) groups is 1. The van der Waals surface area contributed by atoms with Crippen LogP contribution in [0.1, 0.15) is 25.7 Å². The maximum absolute atomic E-state index is 13.0. The molecule has 0 atom stereocenters. The van der Waals surface area contributed by atoms with Crippen LogP contribution in [-0.2, 0) is 4.79 Å². The van der Waals surface area contributed by atoms with Gasteiger partial charge in [0, 0.05) is 0 Å². The minimum absolute atomic E-state index is 0.259. The average Bonchev–Trinajstić information content (AvgIpc) is 2.52. The molecule has 0 radical (unpaired) electrons. The maximum atomic E-state index is 13.0. The van der Waals surface area contributed by atoms with E-state index in [1.807, 2.05) is 0 Å². The maximum Gasteiger partial charge on any atom is 0.323 e. The van der Waals surface area contributed by atoms with Crippen LogP contribution in [-0.4, -0.2) is 23.4 Å². The van der Waals surface area contributed by atoms with Gasteiger partial charge in [-0.1, -0.05) is 12.8 Å². The molecule has 1 N–H and O–H groups in total. The average molecular weight is 214 g/mol. The van der Waals surface area contributed by atoms with Crippen molar-refractivity contribution in [3.05, 3.63) is 0 Å². The van der Waals surface area contributed by atoms with Gasteiger partial charge in [-0.05, 0) is 12.8 Å². The van der Waals surface area contributed by atoms with E-state index in [2.05, 4.69) is 0 Å². The lowest BCUT2D eigenvalue weighted by molar-refractivity contribution is -0.218. The molecule has 0 saturated heterocycles. The standard InChI is InChI=1S/C8H10F4O2/c9-5(10)8(11,12)7(6(13)14)3-1-2-4-7/h5H,1-4H2,(H,13,14). The van der Waals surface area contributed by atoms with E-state index in [1.54, 1.807) is 0 Å². The van der Waals surface area contributed by atoms with Crippen LogP contribution in [0.2, 0.25) is 0 Å².